The van der Waals surface area contributed by atoms with Gasteiger partial charge in [0.05, 0.1) is 10.7 Å². The Morgan fingerprint density at radius 2 is 1.96 bits per heavy atom. The molecule has 1 amide bonds. The molecule has 0 fully saturated rings. The van der Waals surface area contributed by atoms with Crippen LogP contribution in [0.15, 0.2) is 52.5 Å². The lowest BCUT2D eigenvalue weighted by Gasteiger charge is -2.16. The number of carbonyl (C=O) groups excluding carboxylic acids is 2. The first-order chi connectivity index (χ1) is 11.0. The van der Waals surface area contributed by atoms with Crippen LogP contribution < -0.4 is 5.01 Å². The maximum Gasteiger partial charge on any atom is 0.244 e. The summed E-state index contributed by atoms with van der Waals surface area (Å²) in [7, 11) is 0. The molecule has 1 heterocycles. The van der Waals surface area contributed by atoms with Crippen LogP contribution in [-0.2, 0) is 4.79 Å². The van der Waals surface area contributed by atoms with E-state index in [1.54, 1.807) is 24.3 Å². The fraction of sp³-hybridized carbons (Fsp3) is 0.118. The van der Waals surface area contributed by atoms with Crippen molar-refractivity contribution in [3.63, 3.8) is 0 Å². The average molecular weight is 345 g/mol. The molecule has 6 heteroatoms. The number of hydrogen-bond acceptors (Lipinski definition) is 4. The molecule has 0 saturated carbocycles. The van der Waals surface area contributed by atoms with Crippen LogP contribution in [0.4, 0.5) is 5.69 Å². The average Bonchev–Trinajstić information content (AvgIpc) is 2.82. The van der Waals surface area contributed by atoms with Crippen molar-refractivity contribution in [1.82, 2.24) is 0 Å². The zero-order chi connectivity index (χ0) is 16.6. The third-order valence-electron chi connectivity index (χ3n) is 3.35. The maximum absolute atomic E-state index is 12.5. The molecule has 2 aromatic rings. The van der Waals surface area contributed by atoms with Gasteiger partial charge in [0.2, 0.25) is 11.7 Å². The van der Waals surface area contributed by atoms with Crippen molar-refractivity contribution in [2.45, 2.75) is 18.7 Å². The topological polar surface area (TPSA) is 49.7 Å². The Balaban J connectivity index is 2.02. The predicted octanol–water partition coefficient (Wildman–Crippen LogP) is 4.30. The Morgan fingerprint density at radius 3 is 2.65 bits per heavy atom. The smallest absolute Gasteiger partial charge is 0.244 e. The number of para-hydroxylation sites is 1. The van der Waals surface area contributed by atoms with Crippen molar-refractivity contribution in [1.29, 1.82) is 0 Å². The normalized spacial score (nSPS) is 14.9. The minimum atomic E-state index is -0.314. The second kappa shape index (κ2) is 6.18. The number of aryl methyl sites for hydroxylation is 1. The van der Waals surface area contributed by atoms with Crippen molar-refractivity contribution < 1.29 is 9.59 Å². The van der Waals surface area contributed by atoms with E-state index in [1.807, 2.05) is 25.1 Å². The highest BCUT2D eigenvalue weighted by atomic mass is 35.5. The molecule has 0 N–H and O–H groups in total. The largest absolute Gasteiger partial charge is 0.286 e. The molecule has 0 unspecified atom stereocenters. The summed E-state index contributed by atoms with van der Waals surface area (Å²) in [5, 5.41) is 6.09. The first-order valence-corrected chi connectivity index (χ1v) is 8.14. The van der Waals surface area contributed by atoms with Gasteiger partial charge in [-0.3, -0.25) is 9.59 Å². The van der Waals surface area contributed by atoms with Crippen molar-refractivity contribution >= 4 is 45.8 Å². The molecule has 0 radical (unpaired) electrons. The summed E-state index contributed by atoms with van der Waals surface area (Å²) in [6.07, 6.45) is 0. The number of anilines is 1. The van der Waals surface area contributed by atoms with E-state index < -0.39 is 0 Å². The highest BCUT2D eigenvalue weighted by Crippen LogP contribution is 2.35. The summed E-state index contributed by atoms with van der Waals surface area (Å²) < 4.78 is 0. The number of carbonyl (C=O) groups is 2. The van der Waals surface area contributed by atoms with Crippen molar-refractivity contribution in [3.05, 3.63) is 58.6 Å². The molecule has 116 valence electrons. The first kappa shape index (κ1) is 15.8. The Kier molecular flexibility index (Phi) is 4.24. The van der Waals surface area contributed by atoms with Gasteiger partial charge >= 0.3 is 0 Å². The minimum absolute atomic E-state index is 0.174. The molecule has 0 saturated heterocycles. The molecule has 0 aromatic heterocycles. The molecule has 0 bridgehead atoms. The number of thioether (sulfide) groups is 1. The van der Waals surface area contributed by atoms with Gasteiger partial charge in [0, 0.05) is 17.4 Å². The summed E-state index contributed by atoms with van der Waals surface area (Å²) >= 11 is 7.40. The number of rotatable bonds is 2. The second-order valence-corrected chi connectivity index (χ2v) is 6.56. The minimum Gasteiger partial charge on any atom is -0.286 e. The number of halogens is 1. The lowest BCUT2D eigenvalue weighted by atomic mass is 10.1. The van der Waals surface area contributed by atoms with E-state index in [0.717, 1.165) is 10.5 Å². The van der Waals surface area contributed by atoms with Gasteiger partial charge in [0.25, 0.3) is 0 Å². The Bertz CT molecular complexity index is 848. The van der Waals surface area contributed by atoms with E-state index in [0.29, 0.717) is 16.3 Å². The van der Waals surface area contributed by atoms with Gasteiger partial charge < -0.3 is 0 Å². The van der Waals surface area contributed by atoms with Gasteiger partial charge in [-0.15, -0.1) is 0 Å². The van der Waals surface area contributed by atoms with Crippen LogP contribution >= 0.6 is 23.4 Å². The number of Topliss-reactive ketones (excluding diaryl/α,β-unsaturated/α-hetero) is 1. The number of fused-ring (bicyclic) bond motifs is 1. The van der Waals surface area contributed by atoms with Crippen LogP contribution in [0.2, 0.25) is 5.02 Å². The highest BCUT2D eigenvalue weighted by molar-refractivity contribution is 8.16. The molecular formula is C17H13ClN2O2S. The molecule has 0 aliphatic carbocycles. The number of amides is 1. The number of ketones is 1. The van der Waals surface area contributed by atoms with Crippen LogP contribution in [0.1, 0.15) is 22.8 Å². The molecule has 4 nitrogen and oxygen atoms in total. The lowest BCUT2D eigenvalue weighted by molar-refractivity contribution is -0.116. The monoisotopic (exact) mass is 344 g/mol. The van der Waals surface area contributed by atoms with E-state index in [-0.39, 0.29) is 16.7 Å². The molecule has 23 heavy (non-hydrogen) atoms. The van der Waals surface area contributed by atoms with Gasteiger partial charge in [0.1, 0.15) is 0 Å². The van der Waals surface area contributed by atoms with Gasteiger partial charge in [-0.05, 0) is 31.2 Å². The molecule has 3 rings (SSSR count). The Hall–Kier alpha value is -2.11. The maximum atomic E-state index is 12.5. The van der Waals surface area contributed by atoms with Gasteiger partial charge in [-0.25, -0.2) is 0 Å². The van der Waals surface area contributed by atoms with Gasteiger partial charge in [-0.2, -0.15) is 10.1 Å². The third-order valence-corrected chi connectivity index (χ3v) is 4.71. The SMILES string of the molecule is CC(=O)N(/N=C1\Sc2ccc(C)cc2C1=O)c1ccccc1Cl. The summed E-state index contributed by atoms with van der Waals surface area (Å²) in [4.78, 5) is 25.3. The molecule has 1 aliphatic heterocycles. The van der Waals surface area contributed by atoms with Gasteiger partial charge in [0.15, 0.2) is 5.04 Å². The highest BCUT2D eigenvalue weighted by Gasteiger charge is 2.29. The summed E-state index contributed by atoms with van der Waals surface area (Å²) in [5.41, 5.74) is 2.08. The fourth-order valence-electron chi connectivity index (χ4n) is 2.25. The molecule has 1 aliphatic rings. The van der Waals surface area contributed by atoms with Crippen LogP contribution in [0, 0.1) is 6.92 Å². The quantitative estimate of drug-likeness (QED) is 0.763. The second-order valence-electron chi connectivity index (χ2n) is 5.12. The van der Waals surface area contributed by atoms with Crippen molar-refractivity contribution in [2.24, 2.45) is 5.10 Å². The summed E-state index contributed by atoms with van der Waals surface area (Å²) in [6, 6.07) is 12.6. The molecule has 2 aromatic carbocycles. The van der Waals surface area contributed by atoms with Crippen LogP contribution in [0.3, 0.4) is 0 Å². The van der Waals surface area contributed by atoms with Crippen molar-refractivity contribution in [2.75, 3.05) is 5.01 Å². The number of nitrogens with zero attached hydrogens (tertiary/aromatic N) is 2. The van der Waals surface area contributed by atoms with Gasteiger partial charge in [-0.1, -0.05) is 47.1 Å². The van der Waals surface area contributed by atoms with Crippen molar-refractivity contribution in [3.8, 4) is 0 Å². The lowest BCUT2D eigenvalue weighted by Crippen LogP contribution is -2.25. The number of hydrazone groups is 1. The van der Waals surface area contributed by atoms with E-state index in [9.17, 15) is 9.59 Å². The third kappa shape index (κ3) is 3.02. The molecule has 0 spiro atoms. The molecule has 0 atom stereocenters. The predicted molar refractivity (Wildman–Crippen MR) is 93.4 cm³/mol. The zero-order valence-electron chi connectivity index (χ0n) is 12.5. The van der Waals surface area contributed by atoms with Crippen LogP contribution in [0.25, 0.3) is 0 Å². The Labute approximate surface area is 143 Å². The zero-order valence-corrected chi connectivity index (χ0v) is 14.1. The summed E-state index contributed by atoms with van der Waals surface area (Å²) in [6.45, 7) is 3.31. The van der Waals surface area contributed by atoms with E-state index >= 15 is 0 Å². The fourth-order valence-corrected chi connectivity index (χ4v) is 3.40. The first-order valence-electron chi connectivity index (χ1n) is 6.94. The number of hydrogen-bond donors (Lipinski definition) is 0. The van der Waals surface area contributed by atoms with E-state index in [1.165, 1.54) is 23.7 Å². The van der Waals surface area contributed by atoms with Crippen LogP contribution in [-0.4, -0.2) is 16.7 Å². The Morgan fingerprint density at radius 1 is 1.22 bits per heavy atom. The number of benzene rings is 2. The van der Waals surface area contributed by atoms with Crippen LogP contribution in [0.5, 0.6) is 0 Å². The summed E-state index contributed by atoms with van der Waals surface area (Å²) in [5.74, 6) is -0.488. The standard InChI is InChI=1S/C17H13ClN2O2S/c1-10-7-8-15-12(9-10)16(22)17(23-15)19-20(11(2)21)14-6-4-3-5-13(14)18/h3-9H,1-2H3/b19-17-. The van der Waals surface area contributed by atoms with E-state index in [2.05, 4.69) is 5.10 Å². The van der Waals surface area contributed by atoms with E-state index in [4.69, 9.17) is 11.6 Å². The molecular weight excluding hydrogens is 332 g/mol.